The number of rotatable bonds is 7. The van der Waals surface area contributed by atoms with E-state index in [1.807, 2.05) is 6.07 Å². The van der Waals surface area contributed by atoms with Gasteiger partial charge in [0.1, 0.15) is 22.9 Å². The zero-order valence-corrected chi connectivity index (χ0v) is 13.6. The first kappa shape index (κ1) is 16.8. The van der Waals surface area contributed by atoms with Crippen molar-refractivity contribution >= 4 is 17.1 Å². The van der Waals surface area contributed by atoms with Crippen LogP contribution >= 0.6 is 0 Å². The van der Waals surface area contributed by atoms with Gasteiger partial charge in [-0.15, -0.1) is 10.2 Å². The minimum atomic E-state index is 0.0593. The molecule has 2 aromatic rings. The smallest absolute Gasteiger partial charge is 0.145 e. The van der Waals surface area contributed by atoms with Crippen LogP contribution in [0.3, 0.4) is 0 Å². The summed E-state index contributed by atoms with van der Waals surface area (Å²) in [5, 5.41) is 27.8. The Morgan fingerprint density at radius 2 is 1.61 bits per heavy atom. The number of hydrogen-bond acceptors (Lipinski definition) is 5. The summed E-state index contributed by atoms with van der Waals surface area (Å²) in [6, 6.07) is 12.1. The van der Waals surface area contributed by atoms with Gasteiger partial charge in [0.2, 0.25) is 0 Å². The van der Waals surface area contributed by atoms with Gasteiger partial charge in [-0.25, -0.2) is 0 Å². The maximum absolute atomic E-state index is 10.2. The molecule has 5 heteroatoms. The Hall–Kier alpha value is -2.56. The molecule has 0 heterocycles. The number of anilines is 1. The molecule has 2 rings (SSSR count). The van der Waals surface area contributed by atoms with Crippen LogP contribution in [0.5, 0.6) is 11.5 Å². The number of phenolic OH excluding ortho intramolecular Hbond substituents is 2. The van der Waals surface area contributed by atoms with Gasteiger partial charge < -0.3 is 15.1 Å². The summed E-state index contributed by atoms with van der Waals surface area (Å²) >= 11 is 0. The summed E-state index contributed by atoms with van der Waals surface area (Å²) in [6.07, 6.45) is 2.25. The Labute approximate surface area is 136 Å². The summed E-state index contributed by atoms with van der Waals surface area (Å²) in [5.41, 5.74) is 1.72. The Morgan fingerprint density at radius 3 is 2.22 bits per heavy atom. The molecule has 0 spiro atoms. The van der Waals surface area contributed by atoms with Crippen LogP contribution in [0.1, 0.15) is 26.7 Å². The quantitative estimate of drug-likeness (QED) is 0.695. The second kappa shape index (κ2) is 8.17. The van der Waals surface area contributed by atoms with Gasteiger partial charge in [0.25, 0.3) is 0 Å². The minimum absolute atomic E-state index is 0.0593. The molecule has 122 valence electrons. The van der Waals surface area contributed by atoms with E-state index in [-0.39, 0.29) is 11.5 Å². The predicted molar refractivity (Wildman–Crippen MR) is 93.2 cm³/mol. The van der Waals surface area contributed by atoms with E-state index >= 15 is 0 Å². The van der Waals surface area contributed by atoms with Gasteiger partial charge in [-0.2, -0.15) is 0 Å². The van der Waals surface area contributed by atoms with Gasteiger partial charge in [0, 0.05) is 24.8 Å². The summed E-state index contributed by atoms with van der Waals surface area (Å²) in [7, 11) is 0. The van der Waals surface area contributed by atoms with Crippen LogP contribution in [0.15, 0.2) is 52.7 Å². The van der Waals surface area contributed by atoms with Gasteiger partial charge >= 0.3 is 0 Å². The third-order valence-corrected chi connectivity index (χ3v) is 3.63. The summed E-state index contributed by atoms with van der Waals surface area (Å²) in [6.45, 7) is 6.11. The molecule has 0 amide bonds. The number of nitrogens with zero attached hydrogens (tertiary/aromatic N) is 3. The number of aromatic hydroxyl groups is 2. The molecule has 5 nitrogen and oxygen atoms in total. The molecule has 2 N–H and O–H groups in total. The number of hydrogen-bond donors (Lipinski definition) is 2. The Balaban J connectivity index is 2.17. The van der Waals surface area contributed by atoms with Gasteiger partial charge in [-0.3, -0.25) is 0 Å². The van der Waals surface area contributed by atoms with Crippen molar-refractivity contribution in [2.75, 3.05) is 18.0 Å². The fourth-order valence-corrected chi connectivity index (χ4v) is 2.27. The molecule has 0 aliphatic heterocycles. The Morgan fingerprint density at radius 1 is 0.913 bits per heavy atom. The van der Waals surface area contributed by atoms with Gasteiger partial charge in [0.05, 0.1) is 0 Å². The lowest BCUT2D eigenvalue weighted by Gasteiger charge is -2.23. The molecular formula is C18H23N3O2. The Bertz CT molecular complexity index is 671. The number of unbranched alkanes of at least 4 members (excludes halogenated alkanes) is 1. The maximum atomic E-state index is 10.2. The molecule has 0 radical (unpaired) electrons. The second-order valence-electron chi connectivity index (χ2n) is 5.29. The number of benzene rings is 2. The molecule has 0 bridgehead atoms. The average molecular weight is 313 g/mol. The summed E-state index contributed by atoms with van der Waals surface area (Å²) in [5.74, 6) is 0.140. The zero-order chi connectivity index (χ0) is 16.7. The first-order valence-electron chi connectivity index (χ1n) is 7.93. The predicted octanol–water partition coefficient (Wildman–Crippen LogP) is 5.14. The van der Waals surface area contributed by atoms with Gasteiger partial charge in [-0.1, -0.05) is 25.5 Å². The van der Waals surface area contributed by atoms with Crippen molar-refractivity contribution in [1.82, 2.24) is 0 Å². The molecular weight excluding hydrogens is 290 g/mol. The number of azo groups is 1. The normalized spacial score (nSPS) is 11.0. The third kappa shape index (κ3) is 4.45. The molecule has 23 heavy (non-hydrogen) atoms. The fraction of sp³-hybridized carbons (Fsp3) is 0.333. The fourth-order valence-electron chi connectivity index (χ4n) is 2.27. The van der Waals surface area contributed by atoms with E-state index in [2.05, 4.69) is 29.0 Å². The van der Waals surface area contributed by atoms with Crippen molar-refractivity contribution in [3.8, 4) is 11.5 Å². The van der Waals surface area contributed by atoms with Gasteiger partial charge in [-0.05, 0) is 37.6 Å². The molecule has 0 atom stereocenters. The standard InChI is InChI=1S/C18H23N3O2/c1-3-5-12-21(4-2)14-10-11-16(18(23)13-14)20-19-15-8-6-7-9-17(15)22/h6-11,13,22-23H,3-5,12H2,1-2H3. The van der Waals surface area contributed by atoms with Crippen molar-refractivity contribution in [3.05, 3.63) is 42.5 Å². The molecule has 0 saturated carbocycles. The lowest BCUT2D eigenvalue weighted by molar-refractivity contribution is 0.474. The van der Waals surface area contributed by atoms with E-state index in [0.717, 1.165) is 31.6 Å². The first-order valence-corrected chi connectivity index (χ1v) is 7.93. The van der Waals surface area contributed by atoms with E-state index in [9.17, 15) is 10.2 Å². The van der Waals surface area contributed by atoms with Crippen molar-refractivity contribution in [2.45, 2.75) is 26.7 Å². The largest absolute Gasteiger partial charge is 0.506 e. The van der Waals surface area contributed by atoms with E-state index in [1.54, 1.807) is 36.4 Å². The van der Waals surface area contributed by atoms with E-state index in [1.165, 1.54) is 0 Å². The molecule has 0 saturated heterocycles. The second-order valence-corrected chi connectivity index (χ2v) is 5.29. The highest BCUT2D eigenvalue weighted by molar-refractivity contribution is 5.61. The van der Waals surface area contributed by atoms with E-state index < -0.39 is 0 Å². The molecule has 0 aromatic heterocycles. The van der Waals surface area contributed by atoms with E-state index in [4.69, 9.17) is 0 Å². The lowest BCUT2D eigenvalue weighted by Crippen LogP contribution is -2.23. The highest BCUT2D eigenvalue weighted by Crippen LogP contribution is 2.34. The SMILES string of the molecule is CCCCN(CC)c1ccc(N=Nc2ccccc2O)c(O)c1. The van der Waals surface area contributed by atoms with Crippen molar-refractivity contribution in [3.63, 3.8) is 0 Å². The van der Waals surface area contributed by atoms with Gasteiger partial charge in [0.15, 0.2) is 0 Å². The molecule has 0 aliphatic carbocycles. The first-order chi connectivity index (χ1) is 11.2. The third-order valence-electron chi connectivity index (χ3n) is 3.63. The van der Waals surface area contributed by atoms with Crippen molar-refractivity contribution < 1.29 is 10.2 Å². The highest BCUT2D eigenvalue weighted by Gasteiger charge is 2.08. The summed E-state index contributed by atoms with van der Waals surface area (Å²) in [4.78, 5) is 2.22. The monoisotopic (exact) mass is 313 g/mol. The van der Waals surface area contributed by atoms with Crippen molar-refractivity contribution in [2.24, 2.45) is 10.2 Å². The number of para-hydroxylation sites is 1. The van der Waals surface area contributed by atoms with Crippen LogP contribution in [0, 0.1) is 0 Å². The Kier molecular flexibility index (Phi) is 5.97. The average Bonchev–Trinajstić information content (AvgIpc) is 2.56. The molecule has 0 fully saturated rings. The van der Waals surface area contributed by atoms with Crippen LogP contribution < -0.4 is 4.90 Å². The lowest BCUT2D eigenvalue weighted by atomic mass is 10.2. The molecule has 0 aliphatic rings. The van der Waals surface area contributed by atoms with Crippen LogP contribution in [-0.2, 0) is 0 Å². The van der Waals surface area contributed by atoms with Crippen LogP contribution in [0.2, 0.25) is 0 Å². The van der Waals surface area contributed by atoms with Crippen LogP contribution in [0.4, 0.5) is 17.1 Å². The highest BCUT2D eigenvalue weighted by atomic mass is 16.3. The van der Waals surface area contributed by atoms with E-state index in [0.29, 0.717) is 11.4 Å². The van der Waals surface area contributed by atoms with Crippen LogP contribution in [-0.4, -0.2) is 23.3 Å². The molecule has 2 aromatic carbocycles. The zero-order valence-electron chi connectivity index (χ0n) is 13.6. The number of phenols is 2. The summed E-state index contributed by atoms with van der Waals surface area (Å²) < 4.78 is 0. The molecule has 0 unspecified atom stereocenters. The van der Waals surface area contributed by atoms with Crippen LogP contribution in [0.25, 0.3) is 0 Å². The van der Waals surface area contributed by atoms with Crippen molar-refractivity contribution in [1.29, 1.82) is 0 Å². The topological polar surface area (TPSA) is 68.4 Å². The maximum Gasteiger partial charge on any atom is 0.145 e. The minimum Gasteiger partial charge on any atom is -0.506 e.